The third-order valence-electron chi connectivity index (χ3n) is 2.63. The van der Waals surface area contributed by atoms with E-state index < -0.39 is 0 Å². The van der Waals surface area contributed by atoms with Gasteiger partial charge in [-0.15, -0.1) is 5.10 Å². The van der Waals surface area contributed by atoms with E-state index in [-0.39, 0.29) is 0 Å². The van der Waals surface area contributed by atoms with Crippen LogP contribution >= 0.6 is 27.7 Å². The smallest absolute Gasteiger partial charge is 0.209 e. The number of benzene rings is 1. The lowest BCUT2D eigenvalue weighted by Gasteiger charge is -2.08. The Morgan fingerprint density at radius 1 is 1.40 bits per heavy atom. The fourth-order valence-corrected chi connectivity index (χ4v) is 2.97. The number of tetrazole rings is 1. The summed E-state index contributed by atoms with van der Waals surface area (Å²) in [6.45, 7) is 5.91. The summed E-state index contributed by atoms with van der Waals surface area (Å²) in [6.07, 6.45) is 0. The highest BCUT2D eigenvalue weighted by atomic mass is 79.9. The summed E-state index contributed by atoms with van der Waals surface area (Å²) in [5.74, 6) is 0.859. The summed E-state index contributed by atoms with van der Waals surface area (Å²) >= 11 is 5.13. The summed E-state index contributed by atoms with van der Waals surface area (Å²) in [4.78, 5) is 0. The lowest BCUT2D eigenvalue weighted by atomic mass is 10.2. The van der Waals surface area contributed by atoms with Gasteiger partial charge in [0, 0.05) is 22.8 Å². The number of thioether (sulfide) groups is 1. The molecule has 1 N–H and O–H groups in total. The van der Waals surface area contributed by atoms with Crippen LogP contribution in [0.4, 0.5) is 0 Å². The van der Waals surface area contributed by atoms with Crippen LogP contribution in [0.5, 0.6) is 0 Å². The van der Waals surface area contributed by atoms with Gasteiger partial charge in [0.1, 0.15) is 0 Å². The molecule has 2 rings (SSSR count). The Morgan fingerprint density at radius 2 is 2.25 bits per heavy atom. The summed E-state index contributed by atoms with van der Waals surface area (Å²) in [5, 5.41) is 16.1. The van der Waals surface area contributed by atoms with Crippen molar-refractivity contribution in [2.75, 3.05) is 6.54 Å². The average Bonchev–Trinajstić information content (AvgIpc) is 2.84. The second kappa shape index (κ2) is 7.75. The lowest BCUT2D eigenvalue weighted by Crippen LogP contribution is -2.27. The zero-order chi connectivity index (χ0) is 14.4. The molecule has 7 heteroatoms. The van der Waals surface area contributed by atoms with Crippen molar-refractivity contribution in [3.8, 4) is 0 Å². The van der Waals surface area contributed by atoms with E-state index in [0.717, 1.165) is 28.5 Å². The van der Waals surface area contributed by atoms with Gasteiger partial charge in [0.05, 0.1) is 6.54 Å². The van der Waals surface area contributed by atoms with Gasteiger partial charge in [0.2, 0.25) is 5.16 Å². The number of nitrogens with one attached hydrogen (secondary N) is 1. The topological polar surface area (TPSA) is 55.6 Å². The van der Waals surface area contributed by atoms with Gasteiger partial charge in [-0.1, -0.05) is 53.7 Å². The third-order valence-corrected chi connectivity index (χ3v) is 4.15. The number of rotatable bonds is 7. The van der Waals surface area contributed by atoms with Gasteiger partial charge in [-0.05, 0) is 28.1 Å². The third kappa shape index (κ3) is 4.88. The molecule has 0 fully saturated rings. The molecule has 108 valence electrons. The molecule has 0 aliphatic carbocycles. The number of hydrogen-bond acceptors (Lipinski definition) is 5. The molecule has 1 aromatic heterocycles. The van der Waals surface area contributed by atoms with Crippen LogP contribution in [-0.4, -0.2) is 32.8 Å². The normalized spacial score (nSPS) is 11.2. The SMILES string of the molecule is CC(C)NCCn1nnnc1SCc1cccc(Br)c1. The van der Waals surface area contributed by atoms with E-state index in [1.165, 1.54) is 5.56 Å². The molecule has 0 aliphatic rings. The lowest BCUT2D eigenvalue weighted by molar-refractivity contribution is 0.485. The molecule has 0 saturated heterocycles. The zero-order valence-corrected chi connectivity index (χ0v) is 14.0. The molecular formula is C13H18BrN5S. The van der Waals surface area contributed by atoms with Crippen molar-refractivity contribution in [3.05, 3.63) is 34.3 Å². The predicted molar refractivity (Wildman–Crippen MR) is 84.7 cm³/mol. The van der Waals surface area contributed by atoms with Crippen LogP contribution in [0.15, 0.2) is 33.9 Å². The van der Waals surface area contributed by atoms with Crippen LogP contribution in [0.25, 0.3) is 0 Å². The first-order valence-corrected chi connectivity index (χ1v) is 8.30. The number of aromatic nitrogens is 4. The summed E-state index contributed by atoms with van der Waals surface area (Å²) in [7, 11) is 0. The molecular weight excluding hydrogens is 338 g/mol. The minimum atomic E-state index is 0.476. The van der Waals surface area contributed by atoms with E-state index in [1.54, 1.807) is 11.8 Å². The first-order chi connectivity index (χ1) is 9.65. The monoisotopic (exact) mass is 355 g/mol. The van der Waals surface area contributed by atoms with Gasteiger partial charge in [0.15, 0.2) is 0 Å². The van der Waals surface area contributed by atoms with Crippen molar-refractivity contribution >= 4 is 27.7 Å². The Balaban J connectivity index is 1.88. The van der Waals surface area contributed by atoms with Crippen molar-refractivity contribution in [3.63, 3.8) is 0 Å². The maximum absolute atomic E-state index is 4.08. The number of nitrogens with zero attached hydrogens (tertiary/aromatic N) is 4. The fourth-order valence-electron chi connectivity index (χ4n) is 1.67. The Bertz CT molecular complexity index is 543. The largest absolute Gasteiger partial charge is 0.313 e. The van der Waals surface area contributed by atoms with Crippen LogP contribution < -0.4 is 5.32 Å². The van der Waals surface area contributed by atoms with Gasteiger partial charge in [0.25, 0.3) is 0 Å². The van der Waals surface area contributed by atoms with Crippen LogP contribution in [-0.2, 0) is 12.3 Å². The second-order valence-corrected chi connectivity index (χ2v) is 6.57. The van der Waals surface area contributed by atoms with Gasteiger partial charge >= 0.3 is 0 Å². The minimum absolute atomic E-state index is 0.476. The Kier molecular flexibility index (Phi) is 6.00. The number of hydrogen-bond donors (Lipinski definition) is 1. The van der Waals surface area contributed by atoms with Gasteiger partial charge in [-0.25, -0.2) is 4.68 Å². The Hall–Kier alpha value is -0.920. The van der Waals surface area contributed by atoms with Crippen molar-refractivity contribution < 1.29 is 0 Å². The van der Waals surface area contributed by atoms with Gasteiger partial charge in [-0.3, -0.25) is 0 Å². The van der Waals surface area contributed by atoms with Crippen LogP contribution in [0.3, 0.4) is 0 Å². The summed E-state index contributed by atoms with van der Waals surface area (Å²) in [5.41, 5.74) is 1.25. The first-order valence-electron chi connectivity index (χ1n) is 6.52. The highest BCUT2D eigenvalue weighted by Crippen LogP contribution is 2.21. The molecule has 0 saturated carbocycles. The van der Waals surface area contributed by atoms with E-state index in [1.807, 2.05) is 16.8 Å². The highest BCUT2D eigenvalue weighted by Gasteiger charge is 2.07. The molecule has 0 atom stereocenters. The van der Waals surface area contributed by atoms with Crippen molar-refractivity contribution in [2.45, 2.75) is 37.3 Å². The Morgan fingerprint density at radius 3 is 3.00 bits per heavy atom. The average molecular weight is 356 g/mol. The molecule has 0 radical (unpaired) electrons. The Labute approximate surface area is 131 Å². The molecule has 1 heterocycles. The molecule has 0 spiro atoms. The van der Waals surface area contributed by atoms with E-state index in [9.17, 15) is 0 Å². The highest BCUT2D eigenvalue weighted by molar-refractivity contribution is 9.10. The molecule has 0 aliphatic heterocycles. The molecule has 2 aromatic rings. The number of halogens is 1. The molecule has 20 heavy (non-hydrogen) atoms. The van der Waals surface area contributed by atoms with E-state index in [4.69, 9.17) is 0 Å². The summed E-state index contributed by atoms with van der Waals surface area (Å²) < 4.78 is 2.94. The van der Waals surface area contributed by atoms with Crippen LogP contribution in [0.2, 0.25) is 0 Å². The van der Waals surface area contributed by atoms with Crippen molar-refractivity contribution in [1.82, 2.24) is 25.5 Å². The van der Waals surface area contributed by atoms with E-state index >= 15 is 0 Å². The predicted octanol–water partition coefficient (Wildman–Crippen LogP) is 2.73. The van der Waals surface area contributed by atoms with Crippen LogP contribution in [0, 0.1) is 0 Å². The quantitative estimate of drug-likeness (QED) is 0.773. The maximum Gasteiger partial charge on any atom is 0.209 e. The standard InChI is InChI=1S/C13H18BrN5S/c1-10(2)15-6-7-19-13(16-17-18-19)20-9-11-4-3-5-12(14)8-11/h3-5,8,10,15H,6-7,9H2,1-2H3. The zero-order valence-electron chi connectivity index (χ0n) is 11.6. The second-order valence-electron chi connectivity index (χ2n) is 4.71. The van der Waals surface area contributed by atoms with Crippen LogP contribution in [0.1, 0.15) is 19.4 Å². The molecule has 0 unspecified atom stereocenters. The molecule has 0 amide bonds. The molecule has 1 aromatic carbocycles. The van der Waals surface area contributed by atoms with Crippen molar-refractivity contribution in [1.29, 1.82) is 0 Å². The first kappa shape index (κ1) is 15.5. The summed E-state index contributed by atoms with van der Waals surface area (Å²) in [6, 6.07) is 8.75. The van der Waals surface area contributed by atoms with E-state index in [2.05, 4.69) is 62.8 Å². The van der Waals surface area contributed by atoms with Gasteiger partial charge < -0.3 is 5.32 Å². The van der Waals surface area contributed by atoms with E-state index in [0.29, 0.717) is 6.04 Å². The minimum Gasteiger partial charge on any atom is -0.313 e. The molecule has 5 nitrogen and oxygen atoms in total. The molecule has 0 bridgehead atoms. The fraction of sp³-hybridized carbons (Fsp3) is 0.462. The maximum atomic E-state index is 4.08. The van der Waals surface area contributed by atoms with Crippen molar-refractivity contribution in [2.24, 2.45) is 0 Å². The van der Waals surface area contributed by atoms with Gasteiger partial charge in [-0.2, -0.15) is 0 Å².